The molecular formula is C11H23NOS. The summed E-state index contributed by atoms with van der Waals surface area (Å²) >= 11 is 0. The Morgan fingerprint density at radius 3 is 2.50 bits per heavy atom. The zero-order valence-electron chi connectivity index (χ0n) is 9.42. The van der Waals surface area contributed by atoms with Crippen LogP contribution < -0.4 is 5.73 Å². The van der Waals surface area contributed by atoms with E-state index >= 15 is 0 Å². The lowest BCUT2D eigenvalue weighted by Gasteiger charge is -2.13. The van der Waals surface area contributed by atoms with Gasteiger partial charge in [-0.1, -0.05) is 13.8 Å². The maximum absolute atomic E-state index is 11.7. The fourth-order valence-electron chi connectivity index (χ4n) is 1.73. The summed E-state index contributed by atoms with van der Waals surface area (Å²) in [5, 5.41) is 0. The first-order valence-electron chi connectivity index (χ1n) is 5.63. The summed E-state index contributed by atoms with van der Waals surface area (Å²) in [6, 6.07) is 0. The standard InChI is InChI=1S/C11H23NOS/c1-10(2)3-8-14(13)9-11(4-5-11)6-7-12/h10H,3-9,12H2,1-2H3. The highest BCUT2D eigenvalue weighted by molar-refractivity contribution is 7.85. The van der Waals surface area contributed by atoms with Gasteiger partial charge in [-0.2, -0.15) is 0 Å². The van der Waals surface area contributed by atoms with Gasteiger partial charge in [0.15, 0.2) is 0 Å². The Kier molecular flexibility index (Phi) is 4.58. The Morgan fingerprint density at radius 2 is 2.07 bits per heavy atom. The van der Waals surface area contributed by atoms with Crippen LogP contribution in [0.5, 0.6) is 0 Å². The van der Waals surface area contributed by atoms with Gasteiger partial charge >= 0.3 is 0 Å². The van der Waals surface area contributed by atoms with E-state index in [9.17, 15) is 4.21 Å². The molecule has 2 N–H and O–H groups in total. The van der Waals surface area contributed by atoms with Crippen LogP contribution in [0.2, 0.25) is 0 Å². The summed E-state index contributed by atoms with van der Waals surface area (Å²) in [5.74, 6) is 2.45. The number of nitrogens with two attached hydrogens (primary N) is 1. The molecule has 1 saturated carbocycles. The monoisotopic (exact) mass is 217 g/mol. The van der Waals surface area contributed by atoms with E-state index < -0.39 is 10.8 Å². The van der Waals surface area contributed by atoms with E-state index in [0.717, 1.165) is 30.9 Å². The lowest BCUT2D eigenvalue weighted by Crippen LogP contribution is -2.18. The van der Waals surface area contributed by atoms with Crippen molar-refractivity contribution in [1.29, 1.82) is 0 Å². The van der Waals surface area contributed by atoms with Crippen molar-refractivity contribution in [1.82, 2.24) is 0 Å². The highest BCUT2D eigenvalue weighted by atomic mass is 32.2. The molecule has 0 aromatic heterocycles. The highest BCUT2D eigenvalue weighted by Crippen LogP contribution is 2.49. The Morgan fingerprint density at radius 1 is 1.43 bits per heavy atom. The second-order valence-corrected chi connectivity index (χ2v) is 6.59. The van der Waals surface area contributed by atoms with Crippen LogP contribution in [-0.2, 0) is 10.8 Å². The van der Waals surface area contributed by atoms with Crippen LogP contribution in [0.15, 0.2) is 0 Å². The lowest BCUT2D eigenvalue weighted by atomic mass is 10.1. The summed E-state index contributed by atoms with van der Waals surface area (Å²) in [4.78, 5) is 0. The molecule has 1 aliphatic rings. The molecule has 2 nitrogen and oxygen atoms in total. The average Bonchev–Trinajstić information content (AvgIpc) is 2.82. The molecule has 0 saturated heterocycles. The van der Waals surface area contributed by atoms with Crippen molar-refractivity contribution in [3.63, 3.8) is 0 Å². The van der Waals surface area contributed by atoms with E-state index in [1.807, 2.05) is 0 Å². The number of rotatable bonds is 7. The van der Waals surface area contributed by atoms with E-state index in [2.05, 4.69) is 13.8 Å². The Labute approximate surface area is 90.1 Å². The van der Waals surface area contributed by atoms with E-state index in [1.54, 1.807) is 0 Å². The van der Waals surface area contributed by atoms with Crippen LogP contribution in [0, 0.1) is 11.3 Å². The molecule has 0 spiro atoms. The first kappa shape index (κ1) is 12.2. The lowest BCUT2D eigenvalue weighted by molar-refractivity contribution is 0.527. The van der Waals surface area contributed by atoms with Gasteiger partial charge in [0, 0.05) is 22.3 Å². The first-order valence-corrected chi connectivity index (χ1v) is 7.12. The second kappa shape index (κ2) is 5.26. The van der Waals surface area contributed by atoms with Crippen LogP contribution in [0.1, 0.15) is 39.5 Å². The molecule has 0 bridgehead atoms. The minimum Gasteiger partial charge on any atom is -0.330 e. The molecule has 0 heterocycles. The minimum absolute atomic E-state index is 0.386. The van der Waals surface area contributed by atoms with Crippen molar-refractivity contribution in [3.05, 3.63) is 0 Å². The first-order chi connectivity index (χ1) is 6.58. The third kappa shape index (κ3) is 4.09. The summed E-state index contributed by atoms with van der Waals surface area (Å²) in [6.07, 6.45) is 4.65. The van der Waals surface area contributed by atoms with Gasteiger partial charge in [-0.3, -0.25) is 4.21 Å². The van der Waals surface area contributed by atoms with Crippen molar-refractivity contribution in [3.8, 4) is 0 Å². The molecule has 1 unspecified atom stereocenters. The summed E-state index contributed by atoms with van der Waals surface area (Å²) in [6.45, 7) is 5.12. The van der Waals surface area contributed by atoms with E-state index in [1.165, 1.54) is 12.8 Å². The van der Waals surface area contributed by atoms with Gasteiger partial charge < -0.3 is 5.73 Å². The minimum atomic E-state index is -0.605. The Hall–Kier alpha value is 0.110. The summed E-state index contributed by atoms with van der Waals surface area (Å²) < 4.78 is 11.7. The van der Waals surface area contributed by atoms with E-state index in [0.29, 0.717) is 11.3 Å². The second-order valence-electron chi connectivity index (χ2n) is 5.01. The fourth-order valence-corrected chi connectivity index (χ4v) is 3.72. The molecule has 0 aromatic rings. The van der Waals surface area contributed by atoms with Crippen molar-refractivity contribution < 1.29 is 4.21 Å². The molecule has 0 aliphatic heterocycles. The predicted octanol–water partition coefficient (Wildman–Crippen LogP) is 1.91. The molecule has 0 radical (unpaired) electrons. The highest BCUT2D eigenvalue weighted by Gasteiger charge is 2.42. The quantitative estimate of drug-likeness (QED) is 0.708. The van der Waals surface area contributed by atoms with Gasteiger partial charge in [0.05, 0.1) is 0 Å². The van der Waals surface area contributed by atoms with Gasteiger partial charge in [-0.15, -0.1) is 0 Å². The fraction of sp³-hybridized carbons (Fsp3) is 1.00. The Balaban J connectivity index is 2.20. The van der Waals surface area contributed by atoms with E-state index in [4.69, 9.17) is 5.73 Å². The van der Waals surface area contributed by atoms with Crippen LogP contribution in [0.4, 0.5) is 0 Å². The zero-order valence-corrected chi connectivity index (χ0v) is 10.2. The summed E-state index contributed by atoms with van der Waals surface area (Å²) in [5.41, 5.74) is 5.94. The van der Waals surface area contributed by atoms with Crippen LogP contribution in [0.3, 0.4) is 0 Å². The van der Waals surface area contributed by atoms with Gasteiger partial charge in [0.2, 0.25) is 0 Å². The van der Waals surface area contributed by atoms with Crippen LogP contribution >= 0.6 is 0 Å². The molecule has 0 amide bonds. The molecule has 3 heteroatoms. The van der Waals surface area contributed by atoms with Crippen molar-refractivity contribution in [2.75, 3.05) is 18.1 Å². The smallest absolute Gasteiger partial charge is 0.0291 e. The number of hydrogen-bond acceptors (Lipinski definition) is 2. The molecule has 84 valence electrons. The molecule has 14 heavy (non-hydrogen) atoms. The van der Waals surface area contributed by atoms with Gasteiger partial charge in [-0.05, 0) is 43.6 Å². The van der Waals surface area contributed by atoms with Gasteiger partial charge in [0.1, 0.15) is 0 Å². The Bertz CT molecular complexity index is 199. The van der Waals surface area contributed by atoms with Crippen molar-refractivity contribution >= 4 is 10.8 Å². The molecule has 1 fully saturated rings. The molecule has 1 aliphatic carbocycles. The third-order valence-corrected chi connectivity index (χ3v) is 4.65. The van der Waals surface area contributed by atoms with Gasteiger partial charge in [-0.25, -0.2) is 0 Å². The maximum atomic E-state index is 11.7. The predicted molar refractivity (Wildman–Crippen MR) is 62.7 cm³/mol. The van der Waals surface area contributed by atoms with Crippen LogP contribution in [0.25, 0.3) is 0 Å². The maximum Gasteiger partial charge on any atom is 0.0291 e. The van der Waals surface area contributed by atoms with E-state index in [-0.39, 0.29) is 0 Å². The van der Waals surface area contributed by atoms with Crippen molar-refractivity contribution in [2.45, 2.75) is 39.5 Å². The van der Waals surface area contributed by atoms with Gasteiger partial charge in [0.25, 0.3) is 0 Å². The van der Waals surface area contributed by atoms with Crippen molar-refractivity contribution in [2.24, 2.45) is 17.1 Å². The number of hydrogen-bond donors (Lipinski definition) is 1. The summed E-state index contributed by atoms with van der Waals surface area (Å²) in [7, 11) is -0.605. The molecule has 1 rings (SSSR count). The zero-order chi connectivity index (χ0) is 10.6. The SMILES string of the molecule is CC(C)CCS(=O)CC1(CCN)CC1. The molecule has 0 aromatic carbocycles. The normalized spacial score (nSPS) is 21.1. The third-order valence-electron chi connectivity index (χ3n) is 3.02. The molecular weight excluding hydrogens is 194 g/mol. The topological polar surface area (TPSA) is 43.1 Å². The average molecular weight is 217 g/mol. The molecule has 1 atom stereocenters. The van der Waals surface area contributed by atoms with Crippen LogP contribution in [-0.4, -0.2) is 22.3 Å². The largest absolute Gasteiger partial charge is 0.330 e.